The Hall–Kier alpha value is -1.76. The number of rotatable bonds is 4. The molecule has 0 bridgehead atoms. The van der Waals surface area contributed by atoms with E-state index in [0.717, 1.165) is 16.2 Å². The van der Waals surface area contributed by atoms with Crippen molar-refractivity contribution in [3.05, 3.63) is 29.8 Å². The van der Waals surface area contributed by atoms with Crippen LogP contribution >= 0.6 is 0 Å². The first kappa shape index (κ1) is 17.6. The summed E-state index contributed by atoms with van der Waals surface area (Å²) < 4.78 is 44.1. The monoisotopic (exact) mass is 330 g/mol. The van der Waals surface area contributed by atoms with Gasteiger partial charge in [0, 0.05) is 26.1 Å². The quantitative estimate of drug-likeness (QED) is 0.923. The lowest BCUT2D eigenvalue weighted by atomic mass is 9.97. The van der Waals surface area contributed by atoms with Crippen molar-refractivity contribution in [2.45, 2.75) is 44.6 Å². The first-order valence-corrected chi connectivity index (χ1v) is 7.51. The van der Waals surface area contributed by atoms with Crippen molar-refractivity contribution in [2.24, 2.45) is 0 Å². The molecule has 7 heteroatoms. The van der Waals surface area contributed by atoms with Gasteiger partial charge in [-0.25, -0.2) is 0 Å². The van der Waals surface area contributed by atoms with Crippen LogP contribution in [0.25, 0.3) is 0 Å². The van der Waals surface area contributed by atoms with Crippen LogP contribution in [0.4, 0.5) is 13.2 Å². The molecule has 23 heavy (non-hydrogen) atoms. The molecule has 0 aliphatic carbocycles. The molecule has 1 aromatic rings. The number of methoxy groups -OCH3 is 1. The number of benzene rings is 1. The number of carbonyl (C=O) groups is 1. The van der Waals surface area contributed by atoms with Crippen molar-refractivity contribution in [3.63, 3.8) is 0 Å². The Morgan fingerprint density at radius 1 is 1.39 bits per heavy atom. The summed E-state index contributed by atoms with van der Waals surface area (Å²) in [6.07, 6.45) is -4.06. The second kappa shape index (κ2) is 7.21. The summed E-state index contributed by atoms with van der Waals surface area (Å²) in [7, 11) is 1.58. The lowest BCUT2D eigenvalue weighted by molar-refractivity contribution is -0.196. The summed E-state index contributed by atoms with van der Waals surface area (Å²) in [5.74, 6) is 0.190. The Balaban J connectivity index is 1.96. The van der Waals surface area contributed by atoms with E-state index < -0.39 is 18.1 Å². The second-order valence-electron chi connectivity index (χ2n) is 5.74. The van der Waals surface area contributed by atoms with Crippen LogP contribution in [0.2, 0.25) is 0 Å². The standard InChI is InChI=1S/C16H21F3N2O2/c1-11(22)21-10-13(6-7-15(21)16(17,18)19)20-9-12-4-3-5-14(8-12)23-2/h3-5,8,13,15,20H,6-7,9-10H2,1-2H3. The number of nitrogens with one attached hydrogen (secondary N) is 1. The maximum atomic E-state index is 13.0. The summed E-state index contributed by atoms with van der Waals surface area (Å²) in [6, 6.07) is 5.66. The van der Waals surface area contributed by atoms with Gasteiger partial charge < -0.3 is 15.0 Å². The average Bonchev–Trinajstić information content (AvgIpc) is 2.52. The molecule has 1 aliphatic rings. The van der Waals surface area contributed by atoms with Gasteiger partial charge in [0.15, 0.2) is 0 Å². The Bertz CT molecular complexity index is 548. The normalized spacial score (nSPS) is 22.0. The molecule has 2 rings (SSSR count). The molecule has 0 spiro atoms. The van der Waals surface area contributed by atoms with E-state index in [1.807, 2.05) is 24.3 Å². The zero-order valence-electron chi connectivity index (χ0n) is 13.2. The molecule has 1 saturated heterocycles. The fraction of sp³-hybridized carbons (Fsp3) is 0.562. The highest BCUT2D eigenvalue weighted by molar-refractivity contribution is 5.74. The summed E-state index contributed by atoms with van der Waals surface area (Å²) in [5, 5.41) is 3.23. The van der Waals surface area contributed by atoms with E-state index in [1.165, 1.54) is 6.92 Å². The smallest absolute Gasteiger partial charge is 0.408 e. The van der Waals surface area contributed by atoms with Gasteiger partial charge in [-0.1, -0.05) is 12.1 Å². The maximum absolute atomic E-state index is 13.0. The van der Waals surface area contributed by atoms with Crippen molar-refractivity contribution in [2.75, 3.05) is 13.7 Å². The van der Waals surface area contributed by atoms with Crippen molar-refractivity contribution in [1.82, 2.24) is 10.2 Å². The molecular formula is C16H21F3N2O2. The van der Waals surface area contributed by atoms with Gasteiger partial charge in [-0.15, -0.1) is 0 Å². The number of piperidine rings is 1. The highest BCUT2D eigenvalue weighted by atomic mass is 19.4. The number of nitrogens with zero attached hydrogens (tertiary/aromatic N) is 1. The molecule has 1 N–H and O–H groups in total. The molecule has 0 radical (unpaired) electrons. The number of amides is 1. The lowest BCUT2D eigenvalue weighted by Gasteiger charge is -2.40. The van der Waals surface area contributed by atoms with Gasteiger partial charge in [0.05, 0.1) is 7.11 Å². The van der Waals surface area contributed by atoms with Gasteiger partial charge in [-0.05, 0) is 30.5 Å². The van der Waals surface area contributed by atoms with Gasteiger partial charge in [-0.3, -0.25) is 4.79 Å². The van der Waals surface area contributed by atoms with E-state index in [0.29, 0.717) is 13.0 Å². The molecule has 2 atom stereocenters. The molecule has 4 nitrogen and oxygen atoms in total. The minimum Gasteiger partial charge on any atom is -0.497 e. The summed E-state index contributed by atoms with van der Waals surface area (Å²) in [6.45, 7) is 1.77. The zero-order valence-corrected chi connectivity index (χ0v) is 13.2. The average molecular weight is 330 g/mol. The van der Waals surface area contributed by atoms with Crippen LogP contribution in [-0.4, -0.2) is 42.7 Å². The topological polar surface area (TPSA) is 41.6 Å². The number of hydrogen-bond donors (Lipinski definition) is 1. The largest absolute Gasteiger partial charge is 0.497 e. The van der Waals surface area contributed by atoms with E-state index in [9.17, 15) is 18.0 Å². The van der Waals surface area contributed by atoms with Crippen LogP contribution in [-0.2, 0) is 11.3 Å². The Morgan fingerprint density at radius 2 is 2.13 bits per heavy atom. The molecule has 0 aromatic heterocycles. The predicted molar refractivity (Wildman–Crippen MR) is 80.1 cm³/mol. The highest BCUT2D eigenvalue weighted by Gasteiger charge is 2.47. The minimum absolute atomic E-state index is 0.0706. The van der Waals surface area contributed by atoms with Gasteiger partial charge in [0.2, 0.25) is 5.91 Å². The first-order valence-electron chi connectivity index (χ1n) is 7.51. The zero-order chi connectivity index (χ0) is 17.0. The van der Waals surface area contributed by atoms with E-state index in [2.05, 4.69) is 5.32 Å². The number of halogens is 3. The van der Waals surface area contributed by atoms with E-state index in [4.69, 9.17) is 4.74 Å². The number of carbonyl (C=O) groups excluding carboxylic acids is 1. The molecular weight excluding hydrogens is 309 g/mol. The van der Waals surface area contributed by atoms with Gasteiger partial charge in [0.1, 0.15) is 11.8 Å². The number of ether oxygens (including phenoxy) is 1. The molecule has 2 unspecified atom stereocenters. The SMILES string of the molecule is COc1cccc(CNC2CCC(C(F)(F)F)N(C(C)=O)C2)c1. The number of hydrogen-bond acceptors (Lipinski definition) is 3. The number of likely N-dealkylation sites (tertiary alicyclic amines) is 1. The van der Waals surface area contributed by atoms with Crippen LogP contribution in [0.5, 0.6) is 5.75 Å². The third kappa shape index (κ3) is 4.60. The highest BCUT2D eigenvalue weighted by Crippen LogP contribution is 2.32. The Kier molecular flexibility index (Phi) is 5.51. The molecule has 0 saturated carbocycles. The van der Waals surface area contributed by atoms with Crippen molar-refractivity contribution in [3.8, 4) is 5.75 Å². The van der Waals surface area contributed by atoms with Crippen molar-refractivity contribution >= 4 is 5.91 Å². The fourth-order valence-corrected chi connectivity index (χ4v) is 2.87. The van der Waals surface area contributed by atoms with Gasteiger partial charge >= 0.3 is 6.18 Å². The Morgan fingerprint density at radius 3 is 2.74 bits per heavy atom. The van der Waals surface area contributed by atoms with Crippen LogP contribution in [0.3, 0.4) is 0 Å². The lowest BCUT2D eigenvalue weighted by Crippen LogP contribution is -2.56. The summed E-state index contributed by atoms with van der Waals surface area (Å²) in [5.41, 5.74) is 0.983. The van der Waals surface area contributed by atoms with Gasteiger partial charge in [0.25, 0.3) is 0 Å². The summed E-state index contributed by atoms with van der Waals surface area (Å²) in [4.78, 5) is 12.5. The third-order valence-corrected chi connectivity index (χ3v) is 4.09. The third-order valence-electron chi connectivity index (χ3n) is 4.09. The van der Waals surface area contributed by atoms with E-state index >= 15 is 0 Å². The molecule has 128 valence electrons. The van der Waals surface area contributed by atoms with Crippen LogP contribution < -0.4 is 10.1 Å². The van der Waals surface area contributed by atoms with E-state index in [1.54, 1.807) is 7.11 Å². The molecule has 1 aromatic carbocycles. The van der Waals surface area contributed by atoms with Crippen LogP contribution in [0.1, 0.15) is 25.3 Å². The van der Waals surface area contributed by atoms with Crippen molar-refractivity contribution in [1.29, 1.82) is 0 Å². The molecule has 1 amide bonds. The second-order valence-corrected chi connectivity index (χ2v) is 5.74. The Labute approximate surface area is 133 Å². The predicted octanol–water partition coefficient (Wildman–Crippen LogP) is 2.73. The van der Waals surface area contributed by atoms with E-state index in [-0.39, 0.29) is 19.0 Å². The fourth-order valence-electron chi connectivity index (χ4n) is 2.87. The maximum Gasteiger partial charge on any atom is 0.408 e. The van der Waals surface area contributed by atoms with Gasteiger partial charge in [-0.2, -0.15) is 13.2 Å². The first-order chi connectivity index (χ1) is 10.8. The molecule has 1 heterocycles. The molecule has 1 fully saturated rings. The van der Waals surface area contributed by atoms with Crippen LogP contribution in [0, 0.1) is 0 Å². The minimum atomic E-state index is -4.37. The molecule has 1 aliphatic heterocycles. The van der Waals surface area contributed by atoms with Crippen molar-refractivity contribution < 1.29 is 22.7 Å². The summed E-state index contributed by atoms with van der Waals surface area (Å²) >= 11 is 0. The number of alkyl halides is 3. The van der Waals surface area contributed by atoms with Crippen LogP contribution in [0.15, 0.2) is 24.3 Å².